The molecule has 6 nitrogen and oxygen atoms in total. The van der Waals surface area contributed by atoms with Gasteiger partial charge in [0.25, 0.3) is 0 Å². The number of carbonyl (C=O) groups excluding carboxylic acids is 3. The van der Waals surface area contributed by atoms with E-state index in [1.165, 1.54) is 18.4 Å². The van der Waals surface area contributed by atoms with Gasteiger partial charge in [-0.1, -0.05) is 48.5 Å². The number of carbonyl (C=O) groups is 3. The highest BCUT2D eigenvalue weighted by Crippen LogP contribution is 2.18. The first-order valence-electron chi connectivity index (χ1n) is 8.71. The Kier molecular flexibility index (Phi) is 6.01. The predicted octanol–water partition coefficient (Wildman–Crippen LogP) is 4.04. The van der Waals surface area contributed by atoms with Crippen molar-refractivity contribution in [3.05, 3.63) is 94.9 Å². The van der Waals surface area contributed by atoms with Crippen LogP contribution in [0.3, 0.4) is 0 Å². The van der Waals surface area contributed by atoms with Gasteiger partial charge in [0.2, 0.25) is 0 Å². The van der Waals surface area contributed by atoms with Crippen molar-refractivity contribution in [2.24, 2.45) is 0 Å². The van der Waals surface area contributed by atoms with Crippen molar-refractivity contribution >= 4 is 17.7 Å². The fourth-order valence-corrected chi connectivity index (χ4v) is 2.66. The molecule has 142 valence electrons. The molecule has 0 radical (unpaired) electrons. The molecule has 0 bridgehead atoms. The molecule has 1 aromatic heterocycles. The third-order valence-electron chi connectivity index (χ3n) is 4.00. The van der Waals surface area contributed by atoms with Crippen LogP contribution in [0.25, 0.3) is 0 Å². The highest BCUT2D eigenvalue weighted by Gasteiger charge is 2.21. The van der Waals surface area contributed by atoms with Crippen LogP contribution in [0, 0.1) is 0 Å². The van der Waals surface area contributed by atoms with Crippen molar-refractivity contribution in [3.8, 4) is 0 Å². The average molecular weight is 378 g/mol. The highest BCUT2D eigenvalue weighted by molar-refractivity contribution is 6.14. The minimum absolute atomic E-state index is 0.139. The van der Waals surface area contributed by atoms with Gasteiger partial charge in [-0.2, -0.15) is 0 Å². The summed E-state index contributed by atoms with van der Waals surface area (Å²) < 4.78 is 15.4. The minimum Gasteiger partial charge on any atom is -0.465 e. The summed E-state index contributed by atoms with van der Waals surface area (Å²) in [6.45, 7) is 1.66. The van der Waals surface area contributed by atoms with Gasteiger partial charge in [-0.15, -0.1) is 0 Å². The summed E-state index contributed by atoms with van der Waals surface area (Å²) >= 11 is 0. The Bertz CT molecular complexity index is 987. The quantitative estimate of drug-likeness (QED) is 0.456. The molecule has 0 fully saturated rings. The largest absolute Gasteiger partial charge is 0.465 e. The number of hydrogen-bond acceptors (Lipinski definition) is 6. The van der Waals surface area contributed by atoms with Crippen LogP contribution in [0.2, 0.25) is 0 Å². The van der Waals surface area contributed by atoms with E-state index in [9.17, 15) is 14.4 Å². The molecular weight excluding hydrogens is 360 g/mol. The number of hydrogen-bond donors (Lipinski definition) is 0. The van der Waals surface area contributed by atoms with Crippen molar-refractivity contribution in [3.63, 3.8) is 0 Å². The molecule has 0 aliphatic carbocycles. The van der Waals surface area contributed by atoms with Gasteiger partial charge in [0.1, 0.15) is 5.56 Å². The molecule has 2 aromatic carbocycles. The fourth-order valence-electron chi connectivity index (χ4n) is 2.66. The number of benzene rings is 2. The minimum atomic E-state index is -0.689. The first-order chi connectivity index (χ1) is 13.6. The molecule has 0 amide bonds. The maximum Gasteiger partial charge on any atom is 0.341 e. The van der Waals surface area contributed by atoms with E-state index in [1.807, 2.05) is 0 Å². The summed E-state index contributed by atoms with van der Waals surface area (Å²) in [5, 5.41) is 0. The van der Waals surface area contributed by atoms with E-state index in [-0.39, 0.29) is 41.4 Å². The number of esters is 2. The SMILES string of the molecule is CCOC(=O)c1ccoc1COC(=O)c1ccccc1C(=O)c1ccccc1. The molecule has 0 saturated heterocycles. The predicted molar refractivity (Wildman–Crippen MR) is 100 cm³/mol. The fraction of sp³-hybridized carbons (Fsp3) is 0.136. The Morgan fingerprint density at radius 3 is 2.14 bits per heavy atom. The molecule has 0 saturated carbocycles. The first kappa shape index (κ1) is 19.1. The van der Waals surface area contributed by atoms with E-state index < -0.39 is 11.9 Å². The first-order valence-corrected chi connectivity index (χ1v) is 8.71. The van der Waals surface area contributed by atoms with E-state index in [4.69, 9.17) is 13.9 Å². The lowest BCUT2D eigenvalue weighted by atomic mass is 9.98. The topological polar surface area (TPSA) is 82.8 Å². The standard InChI is InChI=1S/C22H18O6/c1-2-26-22(25)18-12-13-27-19(18)14-28-21(24)17-11-7-6-10-16(17)20(23)15-8-4-3-5-9-15/h3-13H,2,14H2,1H3. The maximum atomic E-state index is 12.7. The van der Waals surface area contributed by atoms with Crippen LogP contribution in [0.15, 0.2) is 71.3 Å². The van der Waals surface area contributed by atoms with Crippen LogP contribution in [-0.2, 0) is 16.1 Å². The molecule has 0 aliphatic rings. The van der Waals surface area contributed by atoms with Crippen molar-refractivity contribution in [2.75, 3.05) is 6.61 Å². The average Bonchev–Trinajstić information content (AvgIpc) is 3.21. The van der Waals surface area contributed by atoms with E-state index in [2.05, 4.69) is 0 Å². The Hall–Kier alpha value is -3.67. The van der Waals surface area contributed by atoms with Crippen LogP contribution in [0.4, 0.5) is 0 Å². The third-order valence-corrected chi connectivity index (χ3v) is 4.00. The lowest BCUT2D eigenvalue weighted by Crippen LogP contribution is -2.13. The third kappa shape index (κ3) is 4.17. The van der Waals surface area contributed by atoms with Crippen molar-refractivity contribution in [2.45, 2.75) is 13.5 Å². The maximum absolute atomic E-state index is 12.7. The monoisotopic (exact) mass is 378 g/mol. The summed E-state index contributed by atoms with van der Waals surface area (Å²) in [6, 6.07) is 16.5. The van der Waals surface area contributed by atoms with E-state index in [0.717, 1.165) is 0 Å². The van der Waals surface area contributed by atoms with Gasteiger partial charge in [-0.3, -0.25) is 4.79 Å². The molecule has 0 unspecified atom stereocenters. The van der Waals surface area contributed by atoms with E-state index >= 15 is 0 Å². The molecule has 1 heterocycles. The Balaban J connectivity index is 1.77. The van der Waals surface area contributed by atoms with Gasteiger partial charge in [0.05, 0.1) is 18.4 Å². The highest BCUT2D eigenvalue weighted by atomic mass is 16.5. The smallest absolute Gasteiger partial charge is 0.341 e. The number of ether oxygens (including phenoxy) is 2. The van der Waals surface area contributed by atoms with E-state index in [1.54, 1.807) is 55.5 Å². The molecule has 3 aromatic rings. The molecule has 0 N–H and O–H groups in total. The summed E-state index contributed by atoms with van der Waals surface area (Å²) in [5.41, 5.74) is 1.05. The van der Waals surface area contributed by atoms with Gasteiger partial charge in [0.15, 0.2) is 18.2 Å². The number of ketones is 1. The Labute approximate surface area is 161 Å². The molecule has 28 heavy (non-hydrogen) atoms. The van der Waals surface area contributed by atoms with Crippen LogP contribution < -0.4 is 0 Å². The Morgan fingerprint density at radius 1 is 0.786 bits per heavy atom. The lowest BCUT2D eigenvalue weighted by molar-refractivity contribution is 0.0421. The number of rotatable bonds is 7. The molecule has 0 aliphatic heterocycles. The van der Waals surface area contributed by atoms with Gasteiger partial charge in [-0.05, 0) is 19.1 Å². The summed E-state index contributed by atoms with van der Waals surface area (Å²) in [6.07, 6.45) is 1.32. The summed E-state index contributed by atoms with van der Waals surface area (Å²) in [4.78, 5) is 37.2. The molecule has 6 heteroatoms. The summed E-state index contributed by atoms with van der Waals surface area (Å²) in [5.74, 6) is -1.34. The van der Waals surface area contributed by atoms with Crippen LogP contribution in [0.5, 0.6) is 0 Å². The van der Waals surface area contributed by atoms with Gasteiger partial charge in [-0.25, -0.2) is 9.59 Å². The second-order valence-electron chi connectivity index (χ2n) is 5.79. The zero-order valence-corrected chi connectivity index (χ0v) is 15.2. The van der Waals surface area contributed by atoms with Crippen molar-refractivity contribution < 1.29 is 28.3 Å². The molecule has 0 atom stereocenters. The molecule has 0 spiro atoms. The lowest BCUT2D eigenvalue weighted by Gasteiger charge is -2.09. The zero-order chi connectivity index (χ0) is 19.9. The summed E-state index contributed by atoms with van der Waals surface area (Å²) in [7, 11) is 0. The Morgan fingerprint density at radius 2 is 1.43 bits per heavy atom. The van der Waals surface area contributed by atoms with Crippen LogP contribution in [0.1, 0.15) is 49.3 Å². The van der Waals surface area contributed by atoms with E-state index in [0.29, 0.717) is 5.56 Å². The molecule has 3 rings (SSSR count). The molecular formula is C22H18O6. The van der Waals surface area contributed by atoms with Crippen LogP contribution in [-0.4, -0.2) is 24.3 Å². The number of furan rings is 1. The van der Waals surface area contributed by atoms with Gasteiger partial charge in [0, 0.05) is 11.1 Å². The second-order valence-corrected chi connectivity index (χ2v) is 5.79. The normalized spacial score (nSPS) is 10.3. The van der Waals surface area contributed by atoms with Gasteiger partial charge < -0.3 is 13.9 Å². The second kappa shape index (κ2) is 8.81. The van der Waals surface area contributed by atoms with Crippen molar-refractivity contribution in [1.82, 2.24) is 0 Å². The zero-order valence-electron chi connectivity index (χ0n) is 15.2. The van der Waals surface area contributed by atoms with Gasteiger partial charge >= 0.3 is 11.9 Å². The van der Waals surface area contributed by atoms with Crippen molar-refractivity contribution in [1.29, 1.82) is 0 Å². The van der Waals surface area contributed by atoms with Crippen LogP contribution >= 0.6 is 0 Å².